The van der Waals surface area contributed by atoms with Crippen molar-refractivity contribution in [1.82, 2.24) is 25.3 Å². The molecule has 2 N–H and O–H groups in total. The van der Waals surface area contributed by atoms with Crippen LogP contribution in [0, 0.1) is 17.8 Å². The van der Waals surface area contributed by atoms with Crippen molar-refractivity contribution in [2.24, 2.45) is 17.8 Å². The molecular formula is C26H35ClN6O4. The molecule has 4 heterocycles. The fraction of sp³-hybridized carbons (Fsp3) is 0.615. The van der Waals surface area contributed by atoms with Crippen molar-refractivity contribution in [3.8, 4) is 11.4 Å². The summed E-state index contributed by atoms with van der Waals surface area (Å²) in [6.45, 7) is 6.33. The summed E-state index contributed by atoms with van der Waals surface area (Å²) in [5.41, 5.74) is 0.847. The van der Waals surface area contributed by atoms with Gasteiger partial charge in [0.15, 0.2) is 0 Å². The van der Waals surface area contributed by atoms with Crippen molar-refractivity contribution in [3.63, 3.8) is 0 Å². The molecule has 0 bridgehead atoms. The number of benzene rings is 1. The van der Waals surface area contributed by atoms with E-state index < -0.39 is 6.09 Å². The predicted molar refractivity (Wildman–Crippen MR) is 140 cm³/mol. The Morgan fingerprint density at radius 1 is 1.03 bits per heavy atom. The van der Waals surface area contributed by atoms with Crippen LogP contribution in [-0.4, -0.2) is 89.4 Å². The number of hydrogen-bond acceptors (Lipinski definition) is 7. The summed E-state index contributed by atoms with van der Waals surface area (Å²) >= 11 is 5.95. The van der Waals surface area contributed by atoms with E-state index in [1.54, 1.807) is 17.0 Å². The maximum absolute atomic E-state index is 12.8. The number of aromatic nitrogens is 2. The van der Waals surface area contributed by atoms with Crippen LogP contribution in [0.4, 0.5) is 10.8 Å². The van der Waals surface area contributed by atoms with Gasteiger partial charge >= 0.3 is 12.1 Å². The van der Waals surface area contributed by atoms with Crippen LogP contribution >= 0.6 is 11.6 Å². The van der Waals surface area contributed by atoms with Gasteiger partial charge in [-0.1, -0.05) is 16.8 Å². The summed E-state index contributed by atoms with van der Waals surface area (Å²) in [5, 5.41) is 17.2. The lowest BCUT2D eigenvalue weighted by Crippen LogP contribution is -2.43. The lowest BCUT2D eigenvalue weighted by atomic mass is 9.96. The van der Waals surface area contributed by atoms with Crippen LogP contribution in [-0.2, 0) is 4.79 Å². The first-order valence-electron chi connectivity index (χ1n) is 13.3. The molecule has 0 saturated carbocycles. The molecule has 3 saturated heterocycles. The van der Waals surface area contributed by atoms with E-state index in [-0.39, 0.29) is 11.8 Å². The molecule has 11 heteroatoms. The van der Waals surface area contributed by atoms with Crippen molar-refractivity contribution in [2.45, 2.75) is 32.1 Å². The number of rotatable bonds is 7. The van der Waals surface area contributed by atoms with Crippen molar-refractivity contribution < 1.29 is 19.2 Å². The van der Waals surface area contributed by atoms with Crippen molar-refractivity contribution in [3.05, 3.63) is 29.3 Å². The van der Waals surface area contributed by atoms with Gasteiger partial charge < -0.3 is 29.6 Å². The number of anilines is 1. The number of hydrogen-bond donors (Lipinski definition) is 2. The number of nitrogens with one attached hydrogen (secondary N) is 1. The molecule has 0 aliphatic carbocycles. The number of halogens is 1. The van der Waals surface area contributed by atoms with E-state index >= 15 is 0 Å². The van der Waals surface area contributed by atoms with Crippen LogP contribution in [0.15, 0.2) is 28.8 Å². The highest BCUT2D eigenvalue weighted by Crippen LogP contribution is 2.26. The van der Waals surface area contributed by atoms with Crippen LogP contribution < -0.4 is 10.2 Å². The summed E-state index contributed by atoms with van der Waals surface area (Å²) in [5.74, 6) is 1.52. The lowest BCUT2D eigenvalue weighted by molar-refractivity contribution is -0.125. The first kappa shape index (κ1) is 25.8. The molecule has 1 unspecified atom stereocenters. The average molecular weight is 531 g/mol. The zero-order valence-corrected chi connectivity index (χ0v) is 21.8. The number of carbonyl (C=O) groups excluding carboxylic acids is 1. The lowest BCUT2D eigenvalue weighted by Gasteiger charge is -2.33. The van der Waals surface area contributed by atoms with Crippen LogP contribution in [0.1, 0.15) is 32.1 Å². The van der Waals surface area contributed by atoms with E-state index in [9.17, 15) is 14.7 Å². The van der Waals surface area contributed by atoms with Crippen molar-refractivity contribution in [2.75, 3.05) is 57.3 Å². The number of nitrogens with zero attached hydrogens (tertiary/aromatic N) is 5. The SMILES string of the molecule is O=C(NC[C@H]1CCN(CC2CCCN(C(=O)O)C2)C1)C1CCN(c2nc(-c3ccc(Cl)cc3)no2)CC1. The second-order valence-corrected chi connectivity index (χ2v) is 11.0. The molecule has 3 fully saturated rings. The Kier molecular flexibility index (Phi) is 8.14. The van der Waals surface area contributed by atoms with Gasteiger partial charge in [0.2, 0.25) is 11.7 Å². The molecule has 10 nitrogen and oxygen atoms in total. The molecular weight excluding hydrogens is 496 g/mol. The molecule has 2 atom stereocenters. The molecule has 2 amide bonds. The number of carbonyl (C=O) groups is 2. The van der Waals surface area contributed by atoms with Gasteiger partial charge in [-0.05, 0) is 74.8 Å². The zero-order chi connectivity index (χ0) is 25.8. The Bertz CT molecular complexity index is 1070. The Morgan fingerprint density at radius 3 is 2.57 bits per heavy atom. The quantitative estimate of drug-likeness (QED) is 0.559. The minimum absolute atomic E-state index is 0.00310. The fourth-order valence-corrected chi connectivity index (χ4v) is 5.91. The first-order chi connectivity index (χ1) is 17.9. The monoisotopic (exact) mass is 530 g/mol. The standard InChI is InChI=1S/C26H35ClN6O4/c27-22-5-3-20(4-6-22)23-29-25(37-30-23)32-12-8-21(9-13-32)24(34)28-14-18-7-11-31(15-18)16-19-2-1-10-33(17-19)26(35)36/h3-6,18-19,21H,1-2,7-17H2,(H,28,34)(H,35,36)/t18-,19?/m1/s1. The number of piperidine rings is 2. The molecule has 37 heavy (non-hydrogen) atoms. The molecule has 2 aromatic rings. The summed E-state index contributed by atoms with van der Waals surface area (Å²) in [6, 6.07) is 7.80. The van der Waals surface area contributed by atoms with Gasteiger partial charge in [0.25, 0.3) is 0 Å². The van der Waals surface area contributed by atoms with Crippen LogP contribution in [0.3, 0.4) is 0 Å². The Labute approximate surface area is 221 Å². The number of likely N-dealkylation sites (tertiary alicyclic amines) is 2. The second kappa shape index (κ2) is 11.7. The van der Waals surface area contributed by atoms with Crippen LogP contribution in [0.5, 0.6) is 0 Å². The Balaban J connectivity index is 1.02. The van der Waals surface area contributed by atoms with E-state index in [0.29, 0.717) is 61.4 Å². The van der Waals surface area contributed by atoms with E-state index in [4.69, 9.17) is 16.1 Å². The molecule has 0 radical (unpaired) electrons. The smallest absolute Gasteiger partial charge is 0.407 e. The third-order valence-corrected chi connectivity index (χ3v) is 8.15. The van der Waals surface area contributed by atoms with Crippen LogP contribution in [0.25, 0.3) is 11.4 Å². The Hall–Kier alpha value is -2.85. The zero-order valence-electron chi connectivity index (χ0n) is 21.0. The summed E-state index contributed by atoms with van der Waals surface area (Å²) in [4.78, 5) is 34.7. The summed E-state index contributed by atoms with van der Waals surface area (Å²) in [7, 11) is 0. The average Bonchev–Trinajstić information content (AvgIpc) is 3.58. The van der Waals surface area contributed by atoms with Gasteiger partial charge in [-0.15, -0.1) is 0 Å². The van der Waals surface area contributed by atoms with Crippen molar-refractivity contribution in [1.29, 1.82) is 0 Å². The summed E-state index contributed by atoms with van der Waals surface area (Å²) < 4.78 is 5.48. The highest BCUT2D eigenvalue weighted by Gasteiger charge is 2.31. The first-order valence-corrected chi connectivity index (χ1v) is 13.6. The summed E-state index contributed by atoms with van der Waals surface area (Å²) in [6.07, 6.45) is 3.80. The molecule has 3 aliphatic heterocycles. The van der Waals surface area contributed by atoms with E-state index in [1.165, 1.54) is 0 Å². The highest BCUT2D eigenvalue weighted by atomic mass is 35.5. The molecule has 1 aromatic heterocycles. The van der Waals surface area contributed by atoms with E-state index in [1.807, 2.05) is 17.0 Å². The van der Waals surface area contributed by atoms with Gasteiger partial charge in [-0.3, -0.25) is 4.79 Å². The molecule has 3 aliphatic rings. The van der Waals surface area contributed by atoms with Gasteiger partial charge in [0.1, 0.15) is 0 Å². The van der Waals surface area contributed by atoms with Gasteiger partial charge in [0.05, 0.1) is 0 Å². The van der Waals surface area contributed by atoms with Gasteiger partial charge in [0, 0.05) is 62.3 Å². The minimum atomic E-state index is -0.808. The molecule has 1 aromatic carbocycles. The Morgan fingerprint density at radius 2 is 1.81 bits per heavy atom. The highest BCUT2D eigenvalue weighted by molar-refractivity contribution is 6.30. The second-order valence-electron chi connectivity index (χ2n) is 10.6. The largest absolute Gasteiger partial charge is 0.465 e. The molecule has 0 spiro atoms. The maximum Gasteiger partial charge on any atom is 0.407 e. The van der Waals surface area contributed by atoms with Crippen LogP contribution in [0.2, 0.25) is 5.02 Å². The van der Waals surface area contributed by atoms with E-state index in [0.717, 1.165) is 57.3 Å². The normalized spacial score (nSPS) is 23.4. The topological polar surface area (TPSA) is 115 Å². The van der Waals surface area contributed by atoms with Crippen molar-refractivity contribution >= 4 is 29.6 Å². The fourth-order valence-electron chi connectivity index (χ4n) is 5.78. The third-order valence-electron chi connectivity index (χ3n) is 7.89. The number of carboxylic acid groups (broad SMARTS) is 1. The molecule has 200 valence electrons. The predicted octanol–water partition coefficient (Wildman–Crippen LogP) is 3.43. The maximum atomic E-state index is 12.8. The molecule has 5 rings (SSSR count). The van der Waals surface area contributed by atoms with E-state index in [2.05, 4.69) is 20.4 Å². The minimum Gasteiger partial charge on any atom is -0.465 e. The van der Waals surface area contributed by atoms with Gasteiger partial charge in [-0.25, -0.2) is 4.79 Å². The number of amides is 2. The third kappa shape index (κ3) is 6.54. The van der Waals surface area contributed by atoms with Gasteiger partial charge in [-0.2, -0.15) is 4.98 Å².